The van der Waals surface area contributed by atoms with E-state index in [4.69, 9.17) is 10.4 Å². The summed E-state index contributed by atoms with van der Waals surface area (Å²) in [5.41, 5.74) is 0.371. The van der Waals surface area contributed by atoms with Crippen LogP contribution < -0.4 is 5.32 Å². The summed E-state index contributed by atoms with van der Waals surface area (Å²) < 4.78 is 0. The molecule has 1 rings (SSSR count). The van der Waals surface area contributed by atoms with Gasteiger partial charge in [0.25, 0.3) is 5.91 Å². The molecule has 1 aliphatic rings. The molecule has 6 nitrogen and oxygen atoms in total. The molecule has 0 spiro atoms. The minimum Gasteiger partial charge on any atom is -0.480 e. The quantitative estimate of drug-likeness (QED) is 0.596. The monoisotopic (exact) mass is 195 g/mol. The molecule has 0 fully saturated rings. The molecule has 0 saturated carbocycles. The van der Waals surface area contributed by atoms with Crippen molar-refractivity contribution in [2.24, 2.45) is 0 Å². The molecule has 0 atom stereocenters. The molecule has 6 heteroatoms. The molecule has 0 aromatic rings. The summed E-state index contributed by atoms with van der Waals surface area (Å²) in [6.45, 7) is -0.128. The van der Waals surface area contributed by atoms with E-state index < -0.39 is 5.97 Å². The number of rotatable bonds is 3. The summed E-state index contributed by atoms with van der Waals surface area (Å²) in [6, 6.07) is 1.86. The van der Waals surface area contributed by atoms with Crippen LogP contribution in [0.3, 0.4) is 0 Å². The number of aliphatic carboxylic acids is 1. The highest BCUT2D eigenvalue weighted by atomic mass is 16.4. The zero-order valence-corrected chi connectivity index (χ0v) is 7.57. The molecule has 1 amide bonds. The zero-order valence-electron chi connectivity index (χ0n) is 7.57. The third-order valence-electron chi connectivity index (χ3n) is 1.81. The zero-order chi connectivity index (χ0) is 10.7. The highest BCUT2D eigenvalue weighted by Crippen LogP contribution is 2.13. The van der Waals surface area contributed by atoms with Crippen LogP contribution in [0.2, 0.25) is 0 Å². The Hall–Kier alpha value is -2.03. The fraction of sp³-hybridized carbons (Fsp3) is 0.375. The van der Waals surface area contributed by atoms with Crippen molar-refractivity contribution >= 4 is 11.9 Å². The number of carboxylic acids is 1. The minimum absolute atomic E-state index is 0.0948. The maximum atomic E-state index is 11.3. The Morgan fingerprint density at radius 3 is 2.93 bits per heavy atom. The van der Waals surface area contributed by atoms with E-state index in [0.717, 1.165) is 0 Å². The lowest BCUT2D eigenvalue weighted by Crippen LogP contribution is -2.30. The van der Waals surface area contributed by atoms with Crippen LogP contribution in [-0.2, 0) is 9.59 Å². The lowest BCUT2D eigenvalue weighted by Gasteiger charge is -2.07. The van der Waals surface area contributed by atoms with Gasteiger partial charge in [0.15, 0.2) is 0 Å². The predicted molar refractivity (Wildman–Crippen MR) is 45.9 cm³/mol. The topological polar surface area (TPSA) is 93.4 Å². The molecular formula is C8H9N3O3. The molecule has 2 N–H and O–H groups in total. The van der Waals surface area contributed by atoms with Gasteiger partial charge in [-0.05, 0) is 0 Å². The van der Waals surface area contributed by atoms with Crippen molar-refractivity contribution in [1.82, 2.24) is 10.2 Å². The largest absolute Gasteiger partial charge is 0.480 e. The second-order valence-corrected chi connectivity index (χ2v) is 2.87. The lowest BCUT2D eigenvalue weighted by molar-refractivity contribution is -0.135. The van der Waals surface area contributed by atoms with Crippen LogP contribution in [0.1, 0.15) is 0 Å². The first-order chi connectivity index (χ1) is 6.56. The van der Waals surface area contributed by atoms with Crippen LogP contribution in [0.25, 0.3) is 0 Å². The third kappa shape index (κ3) is 1.82. The van der Waals surface area contributed by atoms with E-state index in [2.05, 4.69) is 5.32 Å². The number of nitrogens with one attached hydrogen (secondary N) is 1. The standard InChI is InChI=1S/C8H9N3O3/c1-11-4-5(2-9)7(8(11)14)10-3-6(12)13/h10H,3-4H2,1H3,(H,12,13). The summed E-state index contributed by atoms with van der Waals surface area (Å²) in [7, 11) is 1.55. The van der Waals surface area contributed by atoms with Crippen LogP contribution >= 0.6 is 0 Å². The van der Waals surface area contributed by atoms with Gasteiger partial charge in [0.1, 0.15) is 12.2 Å². The molecule has 0 bridgehead atoms. The Labute approximate surface area is 80.4 Å². The first-order valence-corrected chi connectivity index (χ1v) is 3.90. The van der Waals surface area contributed by atoms with E-state index in [9.17, 15) is 9.59 Å². The lowest BCUT2D eigenvalue weighted by atomic mass is 10.2. The Bertz CT molecular complexity index is 353. The van der Waals surface area contributed by atoms with Crippen molar-refractivity contribution in [3.8, 4) is 6.07 Å². The number of amides is 1. The number of carboxylic acid groups (broad SMARTS) is 1. The van der Waals surface area contributed by atoms with Crippen LogP contribution in [0, 0.1) is 11.3 Å². The van der Waals surface area contributed by atoms with E-state index in [-0.39, 0.29) is 30.3 Å². The number of carbonyl (C=O) groups excluding carboxylic acids is 1. The number of likely N-dealkylation sites (N-methyl/N-ethyl adjacent to an activating group) is 1. The minimum atomic E-state index is -1.07. The summed E-state index contributed by atoms with van der Waals surface area (Å²) >= 11 is 0. The van der Waals surface area contributed by atoms with Gasteiger partial charge in [-0.15, -0.1) is 0 Å². The van der Waals surface area contributed by atoms with Gasteiger partial charge < -0.3 is 15.3 Å². The number of nitriles is 1. The first kappa shape index (κ1) is 10.1. The molecule has 14 heavy (non-hydrogen) atoms. The van der Waals surface area contributed by atoms with E-state index >= 15 is 0 Å². The SMILES string of the molecule is CN1CC(C#N)=C(NCC(=O)O)C1=O. The van der Waals surface area contributed by atoms with Crippen molar-refractivity contribution in [3.05, 3.63) is 11.3 Å². The van der Waals surface area contributed by atoms with Gasteiger partial charge in [0.2, 0.25) is 0 Å². The van der Waals surface area contributed by atoms with E-state index in [1.54, 1.807) is 7.05 Å². The van der Waals surface area contributed by atoms with Gasteiger partial charge >= 0.3 is 5.97 Å². The summed E-state index contributed by atoms with van der Waals surface area (Å²) in [4.78, 5) is 22.9. The fourth-order valence-electron chi connectivity index (χ4n) is 1.15. The van der Waals surface area contributed by atoms with Crippen LogP contribution in [-0.4, -0.2) is 42.0 Å². The normalized spacial score (nSPS) is 15.7. The highest BCUT2D eigenvalue weighted by Gasteiger charge is 2.27. The van der Waals surface area contributed by atoms with Crippen molar-refractivity contribution in [3.63, 3.8) is 0 Å². The van der Waals surface area contributed by atoms with Gasteiger partial charge in [0, 0.05) is 7.05 Å². The third-order valence-corrected chi connectivity index (χ3v) is 1.81. The van der Waals surface area contributed by atoms with Crippen molar-refractivity contribution in [2.45, 2.75) is 0 Å². The second-order valence-electron chi connectivity index (χ2n) is 2.87. The van der Waals surface area contributed by atoms with E-state index in [1.807, 2.05) is 6.07 Å². The number of hydrogen-bond donors (Lipinski definition) is 2. The summed E-state index contributed by atoms with van der Waals surface area (Å²) in [5.74, 6) is -1.42. The van der Waals surface area contributed by atoms with Crippen molar-refractivity contribution in [2.75, 3.05) is 20.1 Å². The molecular weight excluding hydrogens is 186 g/mol. The average Bonchev–Trinajstić information content (AvgIpc) is 2.40. The Balaban J connectivity index is 2.78. The Morgan fingerprint density at radius 1 is 1.79 bits per heavy atom. The van der Waals surface area contributed by atoms with Gasteiger partial charge in [-0.25, -0.2) is 0 Å². The number of carbonyl (C=O) groups is 2. The number of hydrogen-bond acceptors (Lipinski definition) is 4. The van der Waals surface area contributed by atoms with Crippen LogP contribution in [0.4, 0.5) is 0 Å². The molecule has 0 unspecified atom stereocenters. The van der Waals surface area contributed by atoms with Crippen molar-refractivity contribution in [1.29, 1.82) is 5.26 Å². The summed E-state index contributed by atoms with van der Waals surface area (Å²) in [6.07, 6.45) is 0. The molecule has 0 saturated heterocycles. The fourth-order valence-corrected chi connectivity index (χ4v) is 1.15. The Morgan fingerprint density at radius 2 is 2.43 bits per heavy atom. The predicted octanol–water partition coefficient (Wildman–Crippen LogP) is -1.09. The smallest absolute Gasteiger partial charge is 0.322 e. The van der Waals surface area contributed by atoms with Crippen LogP contribution in [0.15, 0.2) is 11.3 Å². The maximum absolute atomic E-state index is 11.3. The molecule has 1 aliphatic heterocycles. The molecule has 0 aliphatic carbocycles. The molecule has 74 valence electrons. The molecule has 0 radical (unpaired) electrons. The molecule has 1 heterocycles. The average molecular weight is 195 g/mol. The second kappa shape index (κ2) is 3.79. The van der Waals surface area contributed by atoms with Gasteiger partial charge in [-0.3, -0.25) is 9.59 Å². The highest BCUT2D eigenvalue weighted by molar-refractivity contribution is 5.97. The van der Waals surface area contributed by atoms with Gasteiger partial charge in [-0.1, -0.05) is 0 Å². The summed E-state index contributed by atoms with van der Waals surface area (Å²) in [5, 5.41) is 19.5. The number of nitrogens with zero attached hydrogens (tertiary/aromatic N) is 2. The molecule has 0 aromatic heterocycles. The van der Waals surface area contributed by atoms with E-state index in [0.29, 0.717) is 0 Å². The first-order valence-electron chi connectivity index (χ1n) is 3.90. The van der Waals surface area contributed by atoms with E-state index in [1.165, 1.54) is 4.90 Å². The van der Waals surface area contributed by atoms with Crippen LogP contribution in [0.5, 0.6) is 0 Å². The Kier molecular flexibility index (Phi) is 2.72. The van der Waals surface area contributed by atoms with Gasteiger partial charge in [-0.2, -0.15) is 5.26 Å². The van der Waals surface area contributed by atoms with Gasteiger partial charge in [0.05, 0.1) is 18.2 Å². The van der Waals surface area contributed by atoms with Crippen molar-refractivity contribution < 1.29 is 14.7 Å². The maximum Gasteiger partial charge on any atom is 0.322 e. The molecule has 0 aromatic carbocycles.